The lowest BCUT2D eigenvalue weighted by Crippen LogP contribution is -2.28. The minimum atomic E-state index is -0.348. The summed E-state index contributed by atoms with van der Waals surface area (Å²) in [6.45, 7) is 0.390. The van der Waals surface area contributed by atoms with E-state index < -0.39 is 0 Å². The molecule has 1 atom stereocenters. The van der Waals surface area contributed by atoms with Crippen molar-refractivity contribution in [1.29, 1.82) is 0 Å². The summed E-state index contributed by atoms with van der Waals surface area (Å²) in [5.74, 6) is 0.223. The molecular weight excluding hydrogens is 419 g/mol. The molecule has 1 saturated heterocycles. The normalized spacial score (nSPS) is 17.0. The van der Waals surface area contributed by atoms with E-state index in [2.05, 4.69) is 27.9 Å². The van der Waals surface area contributed by atoms with Crippen molar-refractivity contribution in [3.63, 3.8) is 0 Å². The molecule has 1 aliphatic rings. The first-order valence-corrected chi connectivity index (χ1v) is 8.65. The highest BCUT2D eigenvalue weighted by Crippen LogP contribution is 2.27. The standard InChI is InChI=1S/C18H17IN2O3/c1-24-16-8-6-15(7-9-16)21-11-12(10-17(21)22)18(23)20-14-4-2-13(19)3-5-14/h2-9,12H,10-11H2,1H3,(H,20,23)/t12-/m1/s1. The van der Waals surface area contributed by atoms with Gasteiger partial charge in [-0.3, -0.25) is 9.59 Å². The van der Waals surface area contributed by atoms with E-state index in [0.717, 1.165) is 20.7 Å². The molecule has 24 heavy (non-hydrogen) atoms. The Kier molecular flexibility index (Phi) is 5.03. The molecule has 0 saturated carbocycles. The maximum Gasteiger partial charge on any atom is 0.229 e. The van der Waals surface area contributed by atoms with Crippen molar-refractivity contribution in [2.75, 3.05) is 23.9 Å². The number of nitrogens with zero attached hydrogens (tertiary/aromatic N) is 1. The van der Waals surface area contributed by atoms with Gasteiger partial charge >= 0.3 is 0 Å². The molecule has 1 aliphatic heterocycles. The maximum absolute atomic E-state index is 12.4. The third-order valence-electron chi connectivity index (χ3n) is 3.99. The zero-order chi connectivity index (χ0) is 17.1. The second-order valence-electron chi connectivity index (χ2n) is 5.60. The Morgan fingerprint density at radius 3 is 2.46 bits per heavy atom. The van der Waals surface area contributed by atoms with Gasteiger partial charge in [-0.2, -0.15) is 0 Å². The third-order valence-corrected chi connectivity index (χ3v) is 4.71. The second-order valence-corrected chi connectivity index (χ2v) is 6.85. The number of halogens is 1. The van der Waals surface area contributed by atoms with Crippen molar-refractivity contribution >= 4 is 45.8 Å². The quantitative estimate of drug-likeness (QED) is 0.749. The Balaban J connectivity index is 1.67. The van der Waals surface area contributed by atoms with Gasteiger partial charge in [0.25, 0.3) is 0 Å². The van der Waals surface area contributed by atoms with E-state index in [1.165, 1.54) is 0 Å². The molecule has 1 heterocycles. The topological polar surface area (TPSA) is 58.6 Å². The molecular formula is C18H17IN2O3. The fourth-order valence-corrected chi connectivity index (χ4v) is 3.03. The number of rotatable bonds is 4. The van der Waals surface area contributed by atoms with Crippen LogP contribution in [0, 0.1) is 9.49 Å². The SMILES string of the molecule is COc1ccc(N2C[C@H](C(=O)Nc3ccc(I)cc3)CC2=O)cc1. The summed E-state index contributed by atoms with van der Waals surface area (Å²) in [5.41, 5.74) is 1.53. The zero-order valence-electron chi connectivity index (χ0n) is 13.2. The number of methoxy groups -OCH3 is 1. The lowest BCUT2D eigenvalue weighted by Gasteiger charge is -2.17. The summed E-state index contributed by atoms with van der Waals surface area (Å²) >= 11 is 2.21. The fourth-order valence-electron chi connectivity index (χ4n) is 2.67. The zero-order valence-corrected chi connectivity index (χ0v) is 15.3. The lowest BCUT2D eigenvalue weighted by molar-refractivity contribution is -0.122. The molecule has 124 valence electrons. The van der Waals surface area contributed by atoms with Gasteiger partial charge in [0.15, 0.2) is 0 Å². The number of carbonyl (C=O) groups is 2. The predicted molar refractivity (Wildman–Crippen MR) is 101 cm³/mol. The maximum atomic E-state index is 12.4. The number of anilines is 2. The lowest BCUT2D eigenvalue weighted by atomic mass is 10.1. The van der Waals surface area contributed by atoms with Crippen molar-refractivity contribution < 1.29 is 14.3 Å². The third kappa shape index (κ3) is 3.69. The highest BCUT2D eigenvalue weighted by atomic mass is 127. The summed E-state index contributed by atoms with van der Waals surface area (Å²) in [4.78, 5) is 26.3. The summed E-state index contributed by atoms with van der Waals surface area (Å²) in [5, 5.41) is 2.88. The first kappa shape index (κ1) is 16.8. The van der Waals surface area contributed by atoms with Crippen LogP contribution in [0.3, 0.4) is 0 Å². The van der Waals surface area contributed by atoms with Crippen LogP contribution in [0.4, 0.5) is 11.4 Å². The van der Waals surface area contributed by atoms with Crippen LogP contribution in [0.25, 0.3) is 0 Å². The van der Waals surface area contributed by atoms with Crippen molar-refractivity contribution in [3.05, 3.63) is 52.1 Å². The Bertz CT molecular complexity index is 744. The molecule has 0 aliphatic carbocycles. The highest BCUT2D eigenvalue weighted by Gasteiger charge is 2.35. The van der Waals surface area contributed by atoms with E-state index in [9.17, 15) is 9.59 Å². The van der Waals surface area contributed by atoms with E-state index in [-0.39, 0.29) is 24.2 Å². The predicted octanol–water partition coefficient (Wildman–Crippen LogP) is 3.29. The van der Waals surface area contributed by atoms with Gasteiger partial charge < -0.3 is 15.0 Å². The number of hydrogen-bond donors (Lipinski definition) is 1. The van der Waals surface area contributed by atoms with Crippen molar-refractivity contribution in [3.8, 4) is 5.75 Å². The summed E-state index contributed by atoms with van der Waals surface area (Å²) < 4.78 is 6.23. The molecule has 0 bridgehead atoms. The second kappa shape index (κ2) is 7.21. The van der Waals surface area contributed by atoms with E-state index in [4.69, 9.17) is 4.74 Å². The van der Waals surface area contributed by atoms with E-state index >= 15 is 0 Å². The van der Waals surface area contributed by atoms with Gasteiger partial charge in [0.05, 0.1) is 13.0 Å². The first-order chi connectivity index (χ1) is 11.6. The molecule has 3 rings (SSSR count). The molecule has 1 fully saturated rings. The fraction of sp³-hybridized carbons (Fsp3) is 0.222. The van der Waals surface area contributed by atoms with Gasteiger partial charge in [-0.15, -0.1) is 0 Å². The number of amides is 2. The average molecular weight is 436 g/mol. The largest absolute Gasteiger partial charge is 0.497 e. The molecule has 0 spiro atoms. The van der Waals surface area contributed by atoms with Crippen LogP contribution in [-0.2, 0) is 9.59 Å². The summed E-state index contributed by atoms with van der Waals surface area (Å²) in [7, 11) is 1.60. The molecule has 0 unspecified atom stereocenters. The van der Waals surface area contributed by atoms with Gasteiger partial charge in [-0.05, 0) is 71.1 Å². The number of benzene rings is 2. The number of ether oxygens (including phenoxy) is 1. The Hall–Kier alpha value is -2.09. The molecule has 0 aromatic heterocycles. The van der Waals surface area contributed by atoms with E-state index in [1.54, 1.807) is 12.0 Å². The van der Waals surface area contributed by atoms with E-state index in [1.807, 2.05) is 48.5 Å². The van der Waals surface area contributed by atoms with Crippen LogP contribution >= 0.6 is 22.6 Å². The molecule has 2 aromatic carbocycles. The summed E-state index contributed by atoms with van der Waals surface area (Å²) in [6, 6.07) is 14.9. The Morgan fingerprint density at radius 1 is 1.17 bits per heavy atom. The Morgan fingerprint density at radius 2 is 1.83 bits per heavy atom. The molecule has 5 nitrogen and oxygen atoms in total. The van der Waals surface area contributed by atoms with Crippen LogP contribution < -0.4 is 15.0 Å². The van der Waals surface area contributed by atoms with Gasteiger partial charge in [-0.1, -0.05) is 0 Å². The number of carbonyl (C=O) groups excluding carboxylic acids is 2. The van der Waals surface area contributed by atoms with Crippen LogP contribution in [0.5, 0.6) is 5.75 Å². The molecule has 0 radical (unpaired) electrons. The van der Waals surface area contributed by atoms with Crippen LogP contribution in [0.1, 0.15) is 6.42 Å². The van der Waals surface area contributed by atoms with Crippen molar-refractivity contribution in [2.45, 2.75) is 6.42 Å². The van der Waals surface area contributed by atoms with Gasteiger partial charge in [-0.25, -0.2) is 0 Å². The van der Waals surface area contributed by atoms with Crippen LogP contribution in [-0.4, -0.2) is 25.5 Å². The van der Waals surface area contributed by atoms with Gasteiger partial charge in [0.1, 0.15) is 5.75 Å². The summed E-state index contributed by atoms with van der Waals surface area (Å²) in [6.07, 6.45) is 0.224. The van der Waals surface area contributed by atoms with Gasteiger partial charge in [0.2, 0.25) is 11.8 Å². The molecule has 2 amide bonds. The van der Waals surface area contributed by atoms with E-state index in [0.29, 0.717) is 6.54 Å². The minimum Gasteiger partial charge on any atom is -0.497 e. The van der Waals surface area contributed by atoms with Crippen LogP contribution in [0.15, 0.2) is 48.5 Å². The number of nitrogens with one attached hydrogen (secondary N) is 1. The number of hydrogen-bond acceptors (Lipinski definition) is 3. The molecule has 1 N–H and O–H groups in total. The van der Waals surface area contributed by atoms with Gasteiger partial charge in [0, 0.05) is 27.9 Å². The Labute approximate surface area is 154 Å². The smallest absolute Gasteiger partial charge is 0.229 e. The first-order valence-electron chi connectivity index (χ1n) is 7.57. The highest BCUT2D eigenvalue weighted by molar-refractivity contribution is 14.1. The van der Waals surface area contributed by atoms with Crippen LogP contribution in [0.2, 0.25) is 0 Å². The minimum absolute atomic E-state index is 0.0390. The van der Waals surface area contributed by atoms with Crippen molar-refractivity contribution in [2.24, 2.45) is 5.92 Å². The monoisotopic (exact) mass is 436 g/mol. The average Bonchev–Trinajstić information content (AvgIpc) is 2.99. The molecule has 6 heteroatoms. The molecule has 2 aromatic rings. The van der Waals surface area contributed by atoms with Crippen molar-refractivity contribution in [1.82, 2.24) is 0 Å².